The summed E-state index contributed by atoms with van der Waals surface area (Å²) < 4.78 is 0. The number of rotatable bonds is 5. The smallest absolute Gasteiger partial charge is 0.0240 e. The largest absolute Gasteiger partial charge is 0.292 e. The van der Waals surface area contributed by atoms with Gasteiger partial charge in [0.2, 0.25) is 0 Å². The molecule has 0 N–H and O–H groups in total. The molecule has 0 spiro atoms. The first-order valence-electron chi connectivity index (χ1n) is 6.40. The summed E-state index contributed by atoms with van der Waals surface area (Å²) in [5.74, 6) is 0. The summed E-state index contributed by atoms with van der Waals surface area (Å²) in [6.45, 7) is 8.19. The van der Waals surface area contributed by atoms with Gasteiger partial charge in [-0.15, -0.1) is 0 Å². The van der Waals surface area contributed by atoms with Crippen molar-refractivity contribution >= 4 is 0 Å². The maximum absolute atomic E-state index is 4.16. The lowest BCUT2D eigenvalue weighted by Crippen LogP contribution is -2.30. The fourth-order valence-electron chi connectivity index (χ4n) is 2.00. The van der Waals surface area contributed by atoms with Crippen LogP contribution in [0.15, 0.2) is 60.7 Å². The van der Waals surface area contributed by atoms with E-state index in [1.165, 1.54) is 11.1 Å². The van der Waals surface area contributed by atoms with Crippen LogP contribution in [-0.4, -0.2) is 10.9 Å². The van der Waals surface area contributed by atoms with E-state index in [1.54, 1.807) is 0 Å². The van der Waals surface area contributed by atoms with Crippen molar-refractivity contribution in [3.8, 4) is 0 Å². The van der Waals surface area contributed by atoms with Crippen LogP contribution in [0.25, 0.3) is 0 Å². The molecule has 0 heterocycles. The molecule has 0 aliphatic rings. The molecule has 0 aliphatic carbocycles. The lowest BCUT2D eigenvalue weighted by atomic mass is 10.1. The molecular formula is C17H20N. The Labute approximate surface area is 110 Å². The molecule has 2 aromatic carbocycles. The summed E-state index contributed by atoms with van der Waals surface area (Å²) in [6, 6.07) is 21.4. The Morgan fingerprint density at radius 3 is 1.56 bits per heavy atom. The van der Waals surface area contributed by atoms with Crippen LogP contribution in [0.3, 0.4) is 0 Å². The van der Waals surface area contributed by atoms with Crippen molar-refractivity contribution in [2.75, 3.05) is 0 Å². The fourth-order valence-corrected chi connectivity index (χ4v) is 2.00. The highest BCUT2D eigenvalue weighted by atomic mass is 15.1. The van der Waals surface area contributed by atoms with Gasteiger partial charge >= 0.3 is 0 Å². The summed E-state index contributed by atoms with van der Waals surface area (Å²) in [5, 5.41) is 0. The molecule has 0 bridgehead atoms. The Kier molecular flexibility index (Phi) is 4.54. The second kappa shape index (κ2) is 6.36. The van der Waals surface area contributed by atoms with E-state index in [4.69, 9.17) is 0 Å². The molecule has 1 heteroatoms. The number of hydrogen-bond donors (Lipinski definition) is 0. The highest BCUT2D eigenvalue weighted by molar-refractivity contribution is 5.17. The van der Waals surface area contributed by atoms with Gasteiger partial charge in [-0.05, 0) is 25.0 Å². The number of hydrogen-bond acceptors (Lipinski definition) is 1. The van der Waals surface area contributed by atoms with E-state index in [0.29, 0.717) is 6.04 Å². The molecule has 93 valence electrons. The molecule has 0 unspecified atom stereocenters. The van der Waals surface area contributed by atoms with Crippen LogP contribution in [0.1, 0.15) is 18.1 Å². The van der Waals surface area contributed by atoms with Gasteiger partial charge in [-0.25, -0.2) is 0 Å². The molecule has 0 saturated heterocycles. The van der Waals surface area contributed by atoms with Crippen LogP contribution >= 0.6 is 0 Å². The Morgan fingerprint density at radius 2 is 1.22 bits per heavy atom. The maximum atomic E-state index is 4.16. The average Bonchev–Trinajstić information content (AvgIpc) is 2.40. The van der Waals surface area contributed by atoms with Crippen molar-refractivity contribution in [1.82, 2.24) is 4.90 Å². The molecule has 1 nitrogen and oxygen atoms in total. The van der Waals surface area contributed by atoms with Crippen LogP contribution < -0.4 is 0 Å². The zero-order valence-electron chi connectivity index (χ0n) is 10.9. The number of nitrogens with zero attached hydrogens (tertiary/aromatic N) is 1. The lowest BCUT2D eigenvalue weighted by Gasteiger charge is -2.26. The summed E-state index contributed by atoms with van der Waals surface area (Å²) in [6.07, 6.45) is 0. The van der Waals surface area contributed by atoms with E-state index in [1.807, 2.05) is 0 Å². The first-order chi connectivity index (χ1) is 8.75. The van der Waals surface area contributed by atoms with Crippen LogP contribution in [0.2, 0.25) is 0 Å². The standard InChI is InChI=1S/C17H20N/c1-15(2)18(13-16-9-5-3-6-10-16)14-17-11-7-4-8-12-17/h3-12,15H,1,13-14H2,2H3/t15-/m0/s1. The Morgan fingerprint density at radius 1 is 0.833 bits per heavy atom. The van der Waals surface area contributed by atoms with Gasteiger partial charge < -0.3 is 0 Å². The van der Waals surface area contributed by atoms with Crippen LogP contribution in [0, 0.1) is 6.92 Å². The predicted octanol–water partition coefficient (Wildman–Crippen LogP) is 3.91. The number of benzene rings is 2. The molecule has 2 rings (SSSR count). The van der Waals surface area contributed by atoms with Gasteiger partial charge in [-0.1, -0.05) is 60.7 Å². The van der Waals surface area contributed by atoms with Crippen molar-refractivity contribution < 1.29 is 0 Å². The topological polar surface area (TPSA) is 3.24 Å². The minimum Gasteiger partial charge on any atom is -0.292 e. The molecule has 0 fully saturated rings. The minimum atomic E-state index is 0.297. The zero-order chi connectivity index (χ0) is 12.8. The molecule has 0 aromatic heterocycles. The second-order valence-corrected chi connectivity index (χ2v) is 4.73. The van der Waals surface area contributed by atoms with Gasteiger partial charge in [0.15, 0.2) is 0 Å². The summed E-state index contributed by atoms with van der Waals surface area (Å²) in [7, 11) is 0. The third-order valence-corrected chi connectivity index (χ3v) is 3.08. The highest BCUT2D eigenvalue weighted by Crippen LogP contribution is 2.12. The van der Waals surface area contributed by atoms with Gasteiger partial charge in [0.1, 0.15) is 0 Å². The predicted molar refractivity (Wildman–Crippen MR) is 77.0 cm³/mol. The van der Waals surface area contributed by atoms with E-state index >= 15 is 0 Å². The van der Waals surface area contributed by atoms with Gasteiger partial charge in [0.25, 0.3) is 0 Å². The SMILES string of the molecule is [CH2][C@@H](C)N(Cc1ccccc1)Cc1ccccc1. The van der Waals surface area contributed by atoms with Crippen molar-refractivity contribution in [1.29, 1.82) is 0 Å². The zero-order valence-corrected chi connectivity index (χ0v) is 10.9. The Bertz CT molecular complexity index is 406. The molecule has 0 amide bonds. The fraction of sp³-hybridized carbons (Fsp3) is 0.235. The molecule has 1 radical (unpaired) electrons. The molecule has 18 heavy (non-hydrogen) atoms. The monoisotopic (exact) mass is 238 g/mol. The van der Waals surface area contributed by atoms with Crippen molar-refractivity contribution in [3.05, 3.63) is 78.7 Å². The molecular weight excluding hydrogens is 218 g/mol. The molecule has 2 aromatic rings. The normalized spacial score (nSPS) is 11.1. The molecule has 0 saturated carbocycles. The van der Waals surface area contributed by atoms with E-state index < -0.39 is 0 Å². The van der Waals surface area contributed by atoms with E-state index in [9.17, 15) is 0 Å². The Hall–Kier alpha value is -1.60. The van der Waals surface area contributed by atoms with Gasteiger partial charge in [0, 0.05) is 19.1 Å². The quantitative estimate of drug-likeness (QED) is 0.763. The lowest BCUT2D eigenvalue weighted by molar-refractivity contribution is 0.221. The highest BCUT2D eigenvalue weighted by Gasteiger charge is 2.10. The van der Waals surface area contributed by atoms with Gasteiger partial charge in [0.05, 0.1) is 0 Å². The van der Waals surface area contributed by atoms with Crippen molar-refractivity contribution in [2.45, 2.75) is 26.1 Å². The van der Waals surface area contributed by atoms with Gasteiger partial charge in [-0.2, -0.15) is 0 Å². The van der Waals surface area contributed by atoms with Crippen LogP contribution in [-0.2, 0) is 13.1 Å². The van der Waals surface area contributed by atoms with E-state index in [0.717, 1.165) is 13.1 Å². The van der Waals surface area contributed by atoms with E-state index in [-0.39, 0.29) is 0 Å². The second-order valence-electron chi connectivity index (χ2n) is 4.73. The third-order valence-electron chi connectivity index (χ3n) is 3.08. The van der Waals surface area contributed by atoms with Crippen LogP contribution in [0.4, 0.5) is 0 Å². The van der Waals surface area contributed by atoms with Gasteiger partial charge in [-0.3, -0.25) is 4.90 Å². The summed E-state index contributed by atoms with van der Waals surface area (Å²) in [4.78, 5) is 2.38. The first kappa shape index (κ1) is 12.8. The third kappa shape index (κ3) is 3.71. The maximum Gasteiger partial charge on any atom is 0.0240 e. The average molecular weight is 238 g/mol. The van der Waals surface area contributed by atoms with Crippen molar-refractivity contribution in [2.24, 2.45) is 0 Å². The first-order valence-corrected chi connectivity index (χ1v) is 6.40. The van der Waals surface area contributed by atoms with Crippen LogP contribution in [0.5, 0.6) is 0 Å². The summed E-state index contributed by atoms with van der Waals surface area (Å²) in [5.41, 5.74) is 2.67. The molecule has 0 aliphatic heterocycles. The van der Waals surface area contributed by atoms with Crippen molar-refractivity contribution in [3.63, 3.8) is 0 Å². The van der Waals surface area contributed by atoms with E-state index in [2.05, 4.69) is 79.4 Å². The Balaban J connectivity index is 2.05. The minimum absolute atomic E-state index is 0.297. The molecule has 1 atom stereocenters. The summed E-state index contributed by atoms with van der Waals surface area (Å²) >= 11 is 0.